The molecule has 0 saturated carbocycles. The highest BCUT2D eigenvalue weighted by Crippen LogP contribution is 2.03. The molecule has 5 heteroatoms. The second-order valence-electron chi connectivity index (χ2n) is 2.98. The van der Waals surface area contributed by atoms with Gasteiger partial charge in [0.15, 0.2) is 0 Å². The van der Waals surface area contributed by atoms with Crippen molar-refractivity contribution in [3.63, 3.8) is 0 Å². The highest BCUT2D eigenvalue weighted by molar-refractivity contribution is 7.09. The lowest BCUT2D eigenvalue weighted by atomic mass is 10.2. The van der Waals surface area contributed by atoms with E-state index in [2.05, 4.69) is 16.2 Å². The lowest BCUT2D eigenvalue weighted by molar-refractivity contribution is -0.122. The molecule has 0 radical (unpaired) electrons. The number of aromatic nitrogens is 1. The molecule has 0 aromatic carbocycles. The summed E-state index contributed by atoms with van der Waals surface area (Å²) in [6.45, 7) is 0.546. The first-order valence-corrected chi connectivity index (χ1v) is 5.47. The molecule has 0 bridgehead atoms. The fraction of sp³-hybridized carbons (Fsp3) is 0.400. The highest BCUT2D eigenvalue weighted by Gasteiger charge is 2.10. The summed E-state index contributed by atoms with van der Waals surface area (Å²) in [5.41, 5.74) is 5.52. The summed E-state index contributed by atoms with van der Waals surface area (Å²) in [7, 11) is 0. The maximum absolute atomic E-state index is 11.3. The Balaban J connectivity index is 2.20. The Morgan fingerprint density at radius 3 is 3.20 bits per heavy atom. The van der Waals surface area contributed by atoms with Gasteiger partial charge in [-0.15, -0.1) is 23.7 Å². The van der Waals surface area contributed by atoms with Gasteiger partial charge in [-0.2, -0.15) is 0 Å². The fourth-order valence-electron chi connectivity index (χ4n) is 1.02. The maximum atomic E-state index is 11.3. The fourth-order valence-corrected chi connectivity index (χ4v) is 1.64. The van der Waals surface area contributed by atoms with Crippen molar-refractivity contribution in [3.8, 4) is 12.3 Å². The number of nitrogens with one attached hydrogen (secondary N) is 1. The van der Waals surface area contributed by atoms with E-state index in [-0.39, 0.29) is 12.3 Å². The van der Waals surface area contributed by atoms with Gasteiger partial charge in [0.25, 0.3) is 0 Å². The molecule has 4 nitrogen and oxygen atoms in total. The monoisotopic (exact) mass is 223 g/mol. The molecule has 0 spiro atoms. The molecule has 1 heterocycles. The van der Waals surface area contributed by atoms with Crippen molar-refractivity contribution >= 4 is 17.2 Å². The van der Waals surface area contributed by atoms with Gasteiger partial charge in [0, 0.05) is 31.0 Å². The van der Waals surface area contributed by atoms with Crippen LogP contribution < -0.4 is 11.1 Å². The number of amides is 1. The number of nitrogens with two attached hydrogens (primary N) is 1. The quantitative estimate of drug-likeness (QED) is 0.698. The number of nitrogens with zero attached hydrogens (tertiary/aromatic N) is 1. The van der Waals surface area contributed by atoms with Gasteiger partial charge < -0.3 is 11.1 Å². The number of hydrogen-bond donors (Lipinski definition) is 2. The van der Waals surface area contributed by atoms with E-state index in [0.29, 0.717) is 6.54 Å². The van der Waals surface area contributed by atoms with E-state index in [1.165, 1.54) is 0 Å². The average Bonchev–Trinajstić information content (AvgIpc) is 2.71. The molecule has 1 atom stereocenters. The molecule has 15 heavy (non-hydrogen) atoms. The lowest BCUT2D eigenvalue weighted by Gasteiger charge is -2.08. The van der Waals surface area contributed by atoms with E-state index in [1.54, 1.807) is 17.5 Å². The first-order valence-electron chi connectivity index (χ1n) is 4.59. The summed E-state index contributed by atoms with van der Waals surface area (Å²) in [6.07, 6.45) is 7.79. The summed E-state index contributed by atoms with van der Waals surface area (Å²) in [5, 5.41) is 5.62. The second kappa shape index (κ2) is 6.17. The zero-order chi connectivity index (χ0) is 11.1. The summed E-state index contributed by atoms with van der Waals surface area (Å²) >= 11 is 1.57. The third-order valence-electron chi connectivity index (χ3n) is 1.80. The number of rotatable bonds is 5. The molecular formula is C10H13N3OS. The smallest absolute Gasteiger partial charge is 0.237 e. The summed E-state index contributed by atoms with van der Waals surface area (Å²) < 4.78 is 0. The summed E-state index contributed by atoms with van der Waals surface area (Å²) in [5.74, 6) is 2.15. The Morgan fingerprint density at radius 1 is 1.80 bits per heavy atom. The standard InChI is InChI=1S/C10H13N3OS/c1-2-3-8(11)10(14)13-5-4-9-12-6-7-15-9/h1,6-8H,3-5,11H2,(H,13,14). The van der Waals surface area contributed by atoms with Crippen LogP contribution in [0.25, 0.3) is 0 Å². The van der Waals surface area contributed by atoms with Crippen LogP contribution in [0.15, 0.2) is 11.6 Å². The van der Waals surface area contributed by atoms with Crippen LogP contribution in [0.1, 0.15) is 11.4 Å². The SMILES string of the molecule is C#CCC(N)C(=O)NCCc1nccs1. The predicted octanol–water partition coefficient (Wildman–Crippen LogP) is 0.152. The molecule has 1 aromatic heterocycles. The van der Waals surface area contributed by atoms with Gasteiger partial charge in [0.1, 0.15) is 0 Å². The van der Waals surface area contributed by atoms with Gasteiger partial charge in [-0.05, 0) is 0 Å². The van der Waals surface area contributed by atoms with Crippen molar-refractivity contribution in [1.29, 1.82) is 0 Å². The molecule has 1 unspecified atom stereocenters. The minimum Gasteiger partial charge on any atom is -0.354 e. The van der Waals surface area contributed by atoms with Crippen LogP contribution in [-0.4, -0.2) is 23.5 Å². The highest BCUT2D eigenvalue weighted by atomic mass is 32.1. The summed E-state index contributed by atoms with van der Waals surface area (Å²) in [6, 6.07) is -0.605. The van der Waals surface area contributed by atoms with Crippen molar-refractivity contribution in [1.82, 2.24) is 10.3 Å². The molecule has 80 valence electrons. The normalized spacial score (nSPS) is 11.7. The van der Waals surface area contributed by atoms with E-state index < -0.39 is 6.04 Å². The van der Waals surface area contributed by atoms with Gasteiger partial charge in [-0.25, -0.2) is 4.98 Å². The Bertz CT molecular complexity index is 342. The van der Waals surface area contributed by atoms with Crippen LogP contribution in [0.5, 0.6) is 0 Å². The Labute approximate surface area is 92.9 Å². The average molecular weight is 223 g/mol. The summed E-state index contributed by atoms with van der Waals surface area (Å²) in [4.78, 5) is 15.4. The van der Waals surface area contributed by atoms with Crippen molar-refractivity contribution in [2.75, 3.05) is 6.54 Å². The van der Waals surface area contributed by atoms with Crippen molar-refractivity contribution in [2.24, 2.45) is 5.73 Å². The number of thiazole rings is 1. The van der Waals surface area contributed by atoms with Gasteiger partial charge in [-0.1, -0.05) is 0 Å². The van der Waals surface area contributed by atoms with E-state index in [0.717, 1.165) is 11.4 Å². The maximum Gasteiger partial charge on any atom is 0.237 e. The van der Waals surface area contributed by atoms with Crippen LogP contribution in [0.2, 0.25) is 0 Å². The van der Waals surface area contributed by atoms with Crippen molar-refractivity contribution < 1.29 is 4.79 Å². The number of carbonyl (C=O) groups excluding carboxylic acids is 1. The van der Waals surface area contributed by atoms with Gasteiger partial charge >= 0.3 is 0 Å². The zero-order valence-corrected chi connectivity index (χ0v) is 9.09. The molecule has 0 aliphatic rings. The first-order chi connectivity index (χ1) is 7.24. The Kier molecular flexibility index (Phi) is 4.81. The third-order valence-corrected chi connectivity index (χ3v) is 2.64. The minimum absolute atomic E-state index is 0.204. The molecule has 1 amide bonds. The van der Waals surface area contributed by atoms with Gasteiger partial charge in [0.2, 0.25) is 5.91 Å². The predicted molar refractivity (Wildman–Crippen MR) is 60.3 cm³/mol. The van der Waals surface area contributed by atoms with E-state index in [4.69, 9.17) is 12.2 Å². The minimum atomic E-state index is -0.605. The molecule has 0 saturated heterocycles. The van der Waals surface area contributed by atoms with E-state index >= 15 is 0 Å². The molecular weight excluding hydrogens is 210 g/mol. The second-order valence-corrected chi connectivity index (χ2v) is 3.96. The number of terminal acetylenes is 1. The van der Waals surface area contributed by atoms with Crippen LogP contribution >= 0.6 is 11.3 Å². The number of hydrogen-bond acceptors (Lipinski definition) is 4. The molecule has 0 aliphatic heterocycles. The number of carbonyl (C=O) groups is 1. The Hall–Kier alpha value is -1.38. The molecule has 1 rings (SSSR count). The zero-order valence-electron chi connectivity index (χ0n) is 8.27. The van der Waals surface area contributed by atoms with Crippen LogP contribution in [0.4, 0.5) is 0 Å². The van der Waals surface area contributed by atoms with Gasteiger partial charge in [0.05, 0.1) is 11.0 Å². The van der Waals surface area contributed by atoms with Crippen molar-refractivity contribution in [2.45, 2.75) is 18.9 Å². The lowest BCUT2D eigenvalue weighted by Crippen LogP contribution is -2.41. The molecule has 0 fully saturated rings. The largest absolute Gasteiger partial charge is 0.354 e. The molecule has 0 aliphatic carbocycles. The topological polar surface area (TPSA) is 68.0 Å². The first kappa shape index (κ1) is 11.7. The third kappa shape index (κ3) is 4.11. The van der Waals surface area contributed by atoms with Crippen LogP contribution in [0, 0.1) is 12.3 Å². The van der Waals surface area contributed by atoms with Crippen LogP contribution in [-0.2, 0) is 11.2 Å². The van der Waals surface area contributed by atoms with Crippen LogP contribution in [0.3, 0.4) is 0 Å². The van der Waals surface area contributed by atoms with E-state index in [9.17, 15) is 4.79 Å². The molecule has 3 N–H and O–H groups in total. The Morgan fingerprint density at radius 2 is 2.60 bits per heavy atom. The van der Waals surface area contributed by atoms with Crippen molar-refractivity contribution in [3.05, 3.63) is 16.6 Å². The van der Waals surface area contributed by atoms with E-state index in [1.807, 2.05) is 5.38 Å². The van der Waals surface area contributed by atoms with Gasteiger partial charge in [-0.3, -0.25) is 4.79 Å². The molecule has 1 aromatic rings.